The van der Waals surface area contributed by atoms with E-state index in [0.717, 1.165) is 5.69 Å². The second-order valence-corrected chi connectivity index (χ2v) is 4.62. The SMILES string of the molecule is Cc1cc(C)n(CCOc2ccccc2C(=O)O)c(=O)n1. The van der Waals surface area contributed by atoms with Gasteiger partial charge in [-0.15, -0.1) is 0 Å². The molecular formula is C15H16N2O4. The second-order valence-electron chi connectivity index (χ2n) is 4.62. The first-order valence-corrected chi connectivity index (χ1v) is 6.49. The Bertz CT molecular complexity index is 722. The van der Waals surface area contributed by atoms with Crippen LogP contribution in [0.1, 0.15) is 21.7 Å². The van der Waals surface area contributed by atoms with Gasteiger partial charge >= 0.3 is 11.7 Å². The summed E-state index contributed by atoms with van der Waals surface area (Å²) in [6.07, 6.45) is 0. The Balaban J connectivity index is 2.09. The summed E-state index contributed by atoms with van der Waals surface area (Å²) in [6, 6.07) is 8.21. The molecule has 0 unspecified atom stereocenters. The van der Waals surface area contributed by atoms with Crippen LogP contribution in [0.5, 0.6) is 5.75 Å². The lowest BCUT2D eigenvalue weighted by molar-refractivity contribution is 0.0692. The Morgan fingerprint density at radius 3 is 2.71 bits per heavy atom. The molecule has 6 heteroatoms. The van der Waals surface area contributed by atoms with Gasteiger partial charge in [0.05, 0.1) is 6.54 Å². The van der Waals surface area contributed by atoms with E-state index in [1.165, 1.54) is 10.6 Å². The van der Waals surface area contributed by atoms with Crippen molar-refractivity contribution >= 4 is 5.97 Å². The molecule has 0 spiro atoms. The van der Waals surface area contributed by atoms with E-state index in [9.17, 15) is 9.59 Å². The molecule has 1 N–H and O–H groups in total. The zero-order valence-electron chi connectivity index (χ0n) is 11.9. The molecule has 0 radical (unpaired) electrons. The van der Waals surface area contributed by atoms with Crippen molar-refractivity contribution in [1.82, 2.24) is 9.55 Å². The van der Waals surface area contributed by atoms with Crippen LogP contribution in [-0.4, -0.2) is 27.2 Å². The number of aryl methyl sites for hydroxylation is 2. The van der Waals surface area contributed by atoms with E-state index >= 15 is 0 Å². The largest absolute Gasteiger partial charge is 0.491 e. The van der Waals surface area contributed by atoms with Gasteiger partial charge in [-0.05, 0) is 32.0 Å². The van der Waals surface area contributed by atoms with Gasteiger partial charge in [-0.25, -0.2) is 9.59 Å². The molecule has 1 heterocycles. The highest BCUT2D eigenvalue weighted by Crippen LogP contribution is 2.17. The van der Waals surface area contributed by atoms with Gasteiger partial charge in [0.15, 0.2) is 0 Å². The Labute approximate surface area is 121 Å². The third kappa shape index (κ3) is 3.47. The third-order valence-electron chi connectivity index (χ3n) is 3.04. The van der Waals surface area contributed by atoms with Crippen molar-refractivity contribution in [2.24, 2.45) is 0 Å². The number of carbonyl (C=O) groups is 1. The molecule has 1 aromatic carbocycles. The number of nitrogens with zero attached hydrogens (tertiary/aromatic N) is 2. The number of aromatic nitrogens is 2. The minimum atomic E-state index is -1.05. The van der Waals surface area contributed by atoms with Crippen LogP contribution >= 0.6 is 0 Å². The molecule has 0 saturated carbocycles. The van der Waals surface area contributed by atoms with Gasteiger partial charge in [-0.1, -0.05) is 12.1 Å². The molecule has 6 nitrogen and oxygen atoms in total. The summed E-state index contributed by atoms with van der Waals surface area (Å²) in [5.74, 6) is -0.758. The quantitative estimate of drug-likeness (QED) is 0.904. The maximum atomic E-state index is 11.8. The van der Waals surface area contributed by atoms with Gasteiger partial charge in [-0.2, -0.15) is 4.98 Å². The molecule has 2 aromatic rings. The number of aromatic carboxylic acids is 1. The smallest absolute Gasteiger partial charge is 0.348 e. The van der Waals surface area contributed by atoms with Crippen molar-refractivity contribution in [3.8, 4) is 5.75 Å². The van der Waals surface area contributed by atoms with Gasteiger partial charge in [0.1, 0.15) is 17.9 Å². The summed E-state index contributed by atoms with van der Waals surface area (Å²) in [5.41, 5.74) is 1.24. The fourth-order valence-corrected chi connectivity index (χ4v) is 2.06. The molecule has 0 amide bonds. The Kier molecular flexibility index (Phi) is 4.37. The Hall–Kier alpha value is -2.63. The Morgan fingerprint density at radius 2 is 2.05 bits per heavy atom. The van der Waals surface area contributed by atoms with Crippen molar-refractivity contribution in [3.05, 3.63) is 57.8 Å². The zero-order valence-corrected chi connectivity index (χ0v) is 11.9. The first kappa shape index (κ1) is 14.8. The molecule has 1 aromatic heterocycles. The lowest BCUT2D eigenvalue weighted by atomic mass is 10.2. The number of carboxylic acid groups (broad SMARTS) is 1. The molecule has 0 bridgehead atoms. The normalized spacial score (nSPS) is 10.4. The average molecular weight is 288 g/mol. The molecule has 0 saturated heterocycles. The highest BCUT2D eigenvalue weighted by molar-refractivity contribution is 5.90. The number of carboxylic acids is 1. The molecular weight excluding hydrogens is 272 g/mol. The van der Waals surface area contributed by atoms with Gasteiger partial charge in [0.2, 0.25) is 0 Å². The second kappa shape index (κ2) is 6.21. The number of benzene rings is 1. The van der Waals surface area contributed by atoms with Crippen LogP contribution in [0.3, 0.4) is 0 Å². The maximum absolute atomic E-state index is 11.8. The van der Waals surface area contributed by atoms with E-state index in [2.05, 4.69) is 4.98 Å². The van der Waals surface area contributed by atoms with Crippen molar-refractivity contribution < 1.29 is 14.6 Å². The van der Waals surface area contributed by atoms with Crippen molar-refractivity contribution in [2.75, 3.05) is 6.61 Å². The topological polar surface area (TPSA) is 81.4 Å². The van der Waals surface area contributed by atoms with E-state index in [1.54, 1.807) is 25.1 Å². The standard InChI is InChI=1S/C15H16N2O4/c1-10-9-11(2)17(15(20)16-10)7-8-21-13-6-4-3-5-12(13)14(18)19/h3-6,9H,7-8H2,1-2H3,(H,18,19). The van der Waals surface area contributed by atoms with Crippen molar-refractivity contribution in [1.29, 1.82) is 0 Å². The van der Waals surface area contributed by atoms with Crippen LogP contribution in [0.25, 0.3) is 0 Å². The summed E-state index contributed by atoms with van der Waals surface area (Å²) in [7, 11) is 0. The van der Waals surface area contributed by atoms with Crippen LogP contribution < -0.4 is 10.4 Å². The molecule has 21 heavy (non-hydrogen) atoms. The van der Waals surface area contributed by atoms with E-state index in [1.807, 2.05) is 13.0 Å². The van der Waals surface area contributed by atoms with Gasteiger partial charge in [-0.3, -0.25) is 4.57 Å². The molecule has 110 valence electrons. The minimum Gasteiger partial charge on any atom is -0.491 e. The van der Waals surface area contributed by atoms with Crippen molar-refractivity contribution in [2.45, 2.75) is 20.4 Å². The summed E-state index contributed by atoms with van der Waals surface area (Å²) >= 11 is 0. The van der Waals surface area contributed by atoms with Gasteiger partial charge in [0, 0.05) is 11.4 Å². The van der Waals surface area contributed by atoms with Crippen LogP contribution in [-0.2, 0) is 6.54 Å². The maximum Gasteiger partial charge on any atom is 0.348 e. The first-order chi connectivity index (χ1) is 9.99. The summed E-state index contributed by atoms with van der Waals surface area (Å²) in [6.45, 7) is 4.08. The van der Waals surface area contributed by atoms with Crippen LogP contribution in [0.2, 0.25) is 0 Å². The third-order valence-corrected chi connectivity index (χ3v) is 3.04. The van der Waals surface area contributed by atoms with E-state index in [4.69, 9.17) is 9.84 Å². The predicted molar refractivity (Wildman–Crippen MR) is 76.9 cm³/mol. The predicted octanol–water partition coefficient (Wildman–Crippen LogP) is 1.64. The van der Waals surface area contributed by atoms with E-state index in [0.29, 0.717) is 12.2 Å². The lowest BCUT2D eigenvalue weighted by Gasteiger charge is -2.12. The molecule has 0 aliphatic heterocycles. The fraction of sp³-hybridized carbons (Fsp3) is 0.267. The number of para-hydroxylation sites is 1. The highest BCUT2D eigenvalue weighted by atomic mass is 16.5. The summed E-state index contributed by atoms with van der Waals surface area (Å²) in [5, 5.41) is 9.06. The number of rotatable bonds is 5. The van der Waals surface area contributed by atoms with Gasteiger partial charge < -0.3 is 9.84 Å². The first-order valence-electron chi connectivity index (χ1n) is 6.49. The van der Waals surface area contributed by atoms with Gasteiger partial charge in [0.25, 0.3) is 0 Å². The summed E-state index contributed by atoms with van der Waals surface area (Å²) < 4.78 is 6.97. The number of hydrogen-bond donors (Lipinski definition) is 1. The zero-order chi connectivity index (χ0) is 15.4. The van der Waals surface area contributed by atoms with Crippen LogP contribution in [0.15, 0.2) is 35.1 Å². The Morgan fingerprint density at radius 1 is 1.33 bits per heavy atom. The molecule has 0 atom stereocenters. The highest BCUT2D eigenvalue weighted by Gasteiger charge is 2.10. The molecule has 0 aliphatic rings. The fourth-order valence-electron chi connectivity index (χ4n) is 2.06. The van der Waals surface area contributed by atoms with E-state index < -0.39 is 5.97 Å². The van der Waals surface area contributed by atoms with Crippen molar-refractivity contribution in [3.63, 3.8) is 0 Å². The average Bonchev–Trinajstić information content (AvgIpc) is 2.42. The monoisotopic (exact) mass is 288 g/mol. The molecule has 0 fully saturated rings. The molecule has 2 rings (SSSR count). The van der Waals surface area contributed by atoms with Crippen LogP contribution in [0, 0.1) is 13.8 Å². The van der Waals surface area contributed by atoms with E-state index in [-0.39, 0.29) is 23.6 Å². The minimum absolute atomic E-state index is 0.101. The number of ether oxygens (including phenoxy) is 1. The number of hydrogen-bond acceptors (Lipinski definition) is 4. The van der Waals surface area contributed by atoms with Crippen LogP contribution in [0.4, 0.5) is 0 Å². The molecule has 0 aliphatic carbocycles. The summed E-state index contributed by atoms with van der Waals surface area (Å²) in [4.78, 5) is 26.7. The lowest BCUT2D eigenvalue weighted by Crippen LogP contribution is -2.28.